The smallest absolute Gasteiger partial charge is 0.266 e. The number of phenols is 2. The number of amidine groups is 1. The molecule has 0 spiro atoms. The minimum Gasteiger partial charge on any atom is -0.504 e. The number of carbonyl (C=O) groups is 1. The van der Waals surface area contributed by atoms with Crippen LogP contribution in [-0.4, -0.2) is 39.3 Å². The minimum absolute atomic E-state index is 0.0859. The maximum Gasteiger partial charge on any atom is 0.266 e. The van der Waals surface area contributed by atoms with E-state index in [2.05, 4.69) is 4.99 Å². The molecule has 0 aliphatic carbocycles. The van der Waals surface area contributed by atoms with Crippen molar-refractivity contribution in [1.82, 2.24) is 4.90 Å². The third kappa shape index (κ3) is 2.80. The molecule has 1 amide bonds. The molecule has 0 saturated carbocycles. The van der Waals surface area contributed by atoms with Crippen LogP contribution in [0.15, 0.2) is 28.1 Å². The van der Waals surface area contributed by atoms with Gasteiger partial charge < -0.3 is 10.2 Å². The first-order chi connectivity index (χ1) is 9.56. The highest BCUT2D eigenvalue weighted by molar-refractivity contribution is 8.18. The van der Waals surface area contributed by atoms with Crippen LogP contribution in [0.3, 0.4) is 0 Å². The molecule has 0 bridgehead atoms. The van der Waals surface area contributed by atoms with E-state index < -0.39 is 0 Å². The van der Waals surface area contributed by atoms with E-state index in [1.807, 2.05) is 13.8 Å². The van der Waals surface area contributed by atoms with Crippen LogP contribution in [0.2, 0.25) is 0 Å². The molecule has 1 saturated heterocycles. The number of carbonyl (C=O) groups excluding carboxylic acids is 1. The van der Waals surface area contributed by atoms with Crippen LogP contribution in [0.4, 0.5) is 0 Å². The van der Waals surface area contributed by atoms with Crippen molar-refractivity contribution in [2.45, 2.75) is 13.8 Å². The molecule has 5 nitrogen and oxygen atoms in total. The average Bonchev–Trinajstić information content (AvgIpc) is 2.70. The summed E-state index contributed by atoms with van der Waals surface area (Å²) in [6, 6.07) is 4.45. The van der Waals surface area contributed by atoms with Gasteiger partial charge in [0.15, 0.2) is 16.7 Å². The number of hydrogen-bond acceptors (Lipinski definition) is 5. The van der Waals surface area contributed by atoms with Gasteiger partial charge in [-0.05, 0) is 49.4 Å². The molecule has 1 aliphatic rings. The van der Waals surface area contributed by atoms with Crippen LogP contribution >= 0.6 is 11.8 Å². The molecule has 20 heavy (non-hydrogen) atoms. The van der Waals surface area contributed by atoms with E-state index in [0.717, 1.165) is 0 Å². The molecule has 0 unspecified atom stereocenters. The van der Waals surface area contributed by atoms with Gasteiger partial charge in [-0.1, -0.05) is 6.07 Å². The number of aromatic hydroxyl groups is 2. The summed E-state index contributed by atoms with van der Waals surface area (Å²) in [7, 11) is 0. The Morgan fingerprint density at radius 3 is 2.65 bits per heavy atom. The predicted octanol–water partition coefficient (Wildman–Crippen LogP) is 2.41. The second-order valence-electron chi connectivity index (χ2n) is 4.17. The van der Waals surface area contributed by atoms with Gasteiger partial charge in [0, 0.05) is 13.1 Å². The monoisotopic (exact) mass is 292 g/mol. The van der Waals surface area contributed by atoms with Crippen molar-refractivity contribution in [1.29, 1.82) is 0 Å². The number of rotatable bonds is 3. The van der Waals surface area contributed by atoms with E-state index in [1.54, 1.807) is 17.0 Å². The number of hydrogen-bond donors (Lipinski definition) is 2. The summed E-state index contributed by atoms with van der Waals surface area (Å²) in [6.07, 6.45) is 1.69. The van der Waals surface area contributed by atoms with E-state index in [1.165, 1.54) is 23.9 Å². The molecule has 106 valence electrons. The number of phenolic OH excluding ortho intramolecular Hbond substituents is 2. The average molecular weight is 292 g/mol. The first kappa shape index (κ1) is 14.5. The lowest BCUT2D eigenvalue weighted by Crippen LogP contribution is -2.28. The fourth-order valence-electron chi connectivity index (χ4n) is 1.82. The predicted molar refractivity (Wildman–Crippen MR) is 80.7 cm³/mol. The van der Waals surface area contributed by atoms with Gasteiger partial charge in [-0.25, -0.2) is 0 Å². The van der Waals surface area contributed by atoms with Gasteiger partial charge in [0.25, 0.3) is 5.91 Å². The molecular formula is C14H16N2O3S. The summed E-state index contributed by atoms with van der Waals surface area (Å²) >= 11 is 1.32. The van der Waals surface area contributed by atoms with Gasteiger partial charge in [0.1, 0.15) is 0 Å². The molecule has 2 rings (SSSR count). The summed E-state index contributed by atoms with van der Waals surface area (Å²) in [6.45, 7) is 5.02. The van der Waals surface area contributed by atoms with Gasteiger partial charge in [-0.2, -0.15) is 0 Å². The largest absolute Gasteiger partial charge is 0.504 e. The van der Waals surface area contributed by atoms with Crippen LogP contribution in [0.25, 0.3) is 6.08 Å². The van der Waals surface area contributed by atoms with Crippen LogP contribution in [0.1, 0.15) is 19.4 Å². The van der Waals surface area contributed by atoms with Gasteiger partial charge >= 0.3 is 0 Å². The number of benzene rings is 1. The highest BCUT2D eigenvalue weighted by atomic mass is 32.2. The molecule has 1 heterocycles. The second kappa shape index (κ2) is 6.00. The van der Waals surface area contributed by atoms with Crippen molar-refractivity contribution in [3.8, 4) is 11.5 Å². The maximum atomic E-state index is 12.2. The lowest BCUT2D eigenvalue weighted by molar-refractivity contribution is -0.122. The Labute approximate surface area is 121 Å². The summed E-state index contributed by atoms with van der Waals surface area (Å²) in [5.41, 5.74) is 0.657. The van der Waals surface area contributed by atoms with Crippen LogP contribution in [0, 0.1) is 0 Å². The summed E-state index contributed by atoms with van der Waals surface area (Å²) < 4.78 is 0. The highest BCUT2D eigenvalue weighted by Gasteiger charge is 2.31. The number of thioether (sulfide) groups is 1. The van der Waals surface area contributed by atoms with E-state index >= 15 is 0 Å². The Hall–Kier alpha value is -1.95. The summed E-state index contributed by atoms with van der Waals surface area (Å²) in [4.78, 5) is 18.7. The number of aliphatic imine (C=N–C) groups is 1. The van der Waals surface area contributed by atoms with Crippen molar-refractivity contribution >= 4 is 28.9 Å². The molecule has 1 aromatic carbocycles. The highest BCUT2D eigenvalue weighted by Crippen LogP contribution is 2.33. The standard InChI is InChI=1S/C14H16N2O3S/c1-3-15-14-16(4-2)13(19)12(20-14)8-9-5-6-10(17)11(18)7-9/h5-8,17-18H,3-4H2,1-2H3. The zero-order valence-corrected chi connectivity index (χ0v) is 12.1. The Bertz CT molecular complexity index is 596. The Morgan fingerprint density at radius 2 is 2.05 bits per heavy atom. The minimum atomic E-state index is -0.204. The van der Waals surface area contributed by atoms with E-state index in [9.17, 15) is 15.0 Å². The summed E-state index contributed by atoms with van der Waals surface area (Å²) in [5.74, 6) is -0.470. The lowest BCUT2D eigenvalue weighted by Gasteiger charge is -2.11. The second-order valence-corrected chi connectivity index (χ2v) is 5.17. The molecule has 1 aliphatic heterocycles. The zero-order valence-electron chi connectivity index (χ0n) is 11.3. The van der Waals surface area contributed by atoms with Gasteiger partial charge in [0.05, 0.1) is 4.91 Å². The van der Waals surface area contributed by atoms with Crippen molar-refractivity contribution in [3.63, 3.8) is 0 Å². The Morgan fingerprint density at radius 1 is 1.30 bits per heavy atom. The van der Waals surface area contributed by atoms with Crippen molar-refractivity contribution < 1.29 is 15.0 Å². The lowest BCUT2D eigenvalue weighted by atomic mass is 10.2. The Balaban J connectivity index is 2.33. The van der Waals surface area contributed by atoms with Crippen LogP contribution in [-0.2, 0) is 4.79 Å². The fraction of sp³-hybridized carbons (Fsp3) is 0.286. The first-order valence-electron chi connectivity index (χ1n) is 6.34. The van der Waals surface area contributed by atoms with Crippen molar-refractivity contribution in [2.24, 2.45) is 4.99 Å². The van der Waals surface area contributed by atoms with Gasteiger partial charge in [0.2, 0.25) is 0 Å². The molecule has 0 atom stereocenters. The normalized spacial score (nSPS) is 19.3. The molecule has 6 heteroatoms. The molecule has 1 fully saturated rings. The third-order valence-corrected chi connectivity index (χ3v) is 3.84. The third-order valence-electron chi connectivity index (χ3n) is 2.79. The molecule has 0 radical (unpaired) electrons. The zero-order chi connectivity index (χ0) is 14.7. The van der Waals surface area contributed by atoms with E-state index in [-0.39, 0.29) is 17.4 Å². The van der Waals surface area contributed by atoms with Gasteiger partial charge in [-0.15, -0.1) is 0 Å². The van der Waals surface area contributed by atoms with Crippen LogP contribution in [0.5, 0.6) is 11.5 Å². The molecule has 1 aromatic rings. The topological polar surface area (TPSA) is 73.1 Å². The number of amides is 1. The van der Waals surface area contributed by atoms with Gasteiger partial charge in [-0.3, -0.25) is 14.7 Å². The fourth-order valence-corrected chi connectivity index (χ4v) is 2.93. The molecule has 0 aromatic heterocycles. The maximum absolute atomic E-state index is 12.2. The van der Waals surface area contributed by atoms with E-state index in [4.69, 9.17) is 0 Å². The van der Waals surface area contributed by atoms with Crippen molar-refractivity contribution in [3.05, 3.63) is 28.7 Å². The van der Waals surface area contributed by atoms with Crippen molar-refractivity contribution in [2.75, 3.05) is 13.1 Å². The molecule has 2 N–H and O–H groups in total. The quantitative estimate of drug-likeness (QED) is 0.663. The van der Waals surface area contributed by atoms with Crippen LogP contribution < -0.4 is 0 Å². The Kier molecular flexibility index (Phi) is 4.34. The SMILES string of the molecule is CCN=C1SC(=Cc2ccc(O)c(O)c2)C(=O)N1CC. The summed E-state index contributed by atoms with van der Waals surface area (Å²) in [5, 5.41) is 19.5. The first-order valence-corrected chi connectivity index (χ1v) is 7.16. The van der Waals surface area contributed by atoms with E-state index in [0.29, 0.717) is 28.7 Å². The number of nitrogens with zero attached hydrogens (tertiary/aromatic N) is 2. The molecular weight excluding hydrogens is 276 g/mol. The number of likely N-dealkylation sites (N-methyl/N-ethyl adjacent to an activating group) is 1.